The number of hydrogen-bond donors (Lipinski definition) is 1. The van der Waals surface area contributed by atoms with Gasteiger partial charge in [0.1, 0.15) is 0 Å². The lowest BCUT2D eigenvalue weighted by molar-refractivity contribution is -0.137. The van der Waals surface area contributed by atoms with Crippen LogP contribution in [-0.2, 0) is 12.6 Å². The van der Waals surface area contributed by atoms with E-state index in [1.807, 2.05) is 12.1 Å². The zero-order chi connectivity index (χ0) is 18.3. The smallest absolute Gasteiger partial charge is 0.367 e. The number of nitrogens with one attached hydrogen (secondary N) is 1. The molecule has 3 nitrogen and oxygen atoms in total. The van der Waals surface area contributed by atoms with Gasteiger partial charge in [0.15, 0.2) is 0 Å². The van der Waals surface area contributed by atoms with Crippen molar-refractivity contribution >= 4 is 5.69 Å². The van der Waals surface area contributed by atoms with E-state index < -0.39 is 11.7 Å². The summed E-state index contributed by atoms with van der Waals surface area (Å²) in [5.74, 6) is 0. The monoisotopic (exact) mass is 357 g/mol. The van der Waals surface area contributed by atoms with E-state index in [0.29, 0.717) is 11.6 Å². The van der Waals surface area contributed by atoms with Crippen molar-refractivity contribution in [2.45, 2.75) is 25.1 Å². The zero-order valence-corrected chi connectivity index (χ0v) is 14.1. The lowest BCUT2D eigenvalue weighted by atomic mass is 9.95. The van der Waals surface area contributed by atoms with Crippen LogP contribution in [-0.4, -0.2) is 25.7 Å². The van der Waals surface area contributed by atoms with Gasteiger partial charge in [0.05, 0.1) is 17.2 Å². The minimum absolute atomic E-state index is 0.0147. The van der Waals surface area contributed by atoms with E-state index in [0.717, 1.165) is 44.2 Å². The van der Waals surface area contributed by atoms with Crippen LogP contribution in [0.3, 0.4) is 0 Å². The molecule has 26 heavy (non-hydrogen) atoms. The molecule has 134 valence electrons. The molecule has 0 radical (unpaired) electrons. The Bertz CT molecular complexity index is 883. The molecule has 0 aliphatic carbocycles. The number of hydrogen-bond acceptors (Lipinski definition) is 3. The number of halogens is 3. The van der Waals surface area contributed by atoms with Crippen LogP contribution in [0.25, 0.3) is 11.1 Å². The fourth-order valence-corrected chi connectivity index (χ4v) is 3.99. The molecule has 1 N–H and O–H groups in total. The van der Waals surface area contributed by atoms with Crippen LogP contribution in [0.1, 0.15) is 23.1 Å². The van der Waals surface area contributed by atoms with Crippen LogP contribution < -0.4 is 10.2 Å². The Labute approximate surface area is 150 Å². The summed E-state index contributed by atoms with van der Waals surface area (Å²) in [5, 5.41) is 12.3. The molecule has 2 aromatic rings. The number of nitriles is 1. The molecule has 0 aromatic heterocycles. The number of anilines is 1. The molecule has 1 atom stereocenters. The van der Waals surface area contributed by atoms with Gasteiger partial charge in [-0.15, -0.1) is 0 Å². The molecule has 1 unspecified atom stereocenters. The quantitative estimate of drug-likeness (QED) is 0.839. The second-order valence-electron chi connectivity index (χ2n) is 6.80. The van der Waals surface area contributed by atoms with E-state index in [4.69, 9.17) is 5.26 Å². The summed E-state index contributed by atoms with van der Waals surface area (Å²) in [7, 11) is 0. The lowest BCUT2D eigenvalue weighted by Crippen LogP contribution is -2.32. The van der Waals surface area contributed by atoms with Crippen molar-refractivity contribution in [2.75, 3.05) is 24.5 Å². The molecule has 0 amide bonds. The molecule has 1 fully saturated rings. The van der Waals surface area contributed by atoms with Crippen molar-refractivity contribution in [1.82, 2.24) is 5.32 Å². The van der Waals surface area contributed by atoms with Gasteiger partial charge in [-0.2, -0.15) is 18.4 Å². The van der Waals surface area contributed by atoms with E-state index in [1.165, 1.54) is 17.7 Å². The Hall–Kier alpha value is -2.52. The Kier molecular flexibility index (Phi) is 4.12. The van der Waals surface area contributed by atoms with Crippen molar-refractivity contribution in [3.63, 3.8) is 0 Å². The molecule has 1 saturated heterocycles. The standard InChI is InChI=1S/C20H18F3N3/c21-20(22,23)18-9-13(12-24)1-4-17(18)14-2-3-15-10-16-5-6-25-7-8-26(16)19(15)11-14/h1-4,9,11,16,25H,5-8,10H2. The van der Waals surface area contributed by atoms with Crippen LogP contribution in [0.15, 0.2) is 36.4 Å². The van der Waals surface area contributed by atoms with Crippen molar-refractivity contribution in [3.05, 3.63) is 53.1 Å². The average Bonchev–Trinajstić information content (AvgIpc) is 2.80. The fourth-order valence-electron chi connectivity index (χ4n) is 3.99. The van der Waals surface area contributed by atoms with Gasteiger partial charge >= 0.3 is 6.18 Å². The van der Waals surface area contributed by atoms with Crippen molar-refractivity contribution in [1.29, 1.82) is 5.26 Å². The fraction of sp³-hybridized carbons (Fsp3) is 0.350. The summed E-state index contributed by atoms with van der Waals surface area (Å²) >= 11 is 0. The van der Waals surface area contributed by atoms with Gasteiger partial charge in [0, 0.05) is 24.8 Å². The SMILES string of the molecule is N#Cc1ccc(-c2ccc3c(c2)N2CCNCCC2C3)c(C(F)(F)F)c1. The van der Waals surface area contributed by atoms with Crippen LogP contribution in [0, 0.1) is 11.3 Å². The average molecular weight is 357 g/mol. The van der Waals surface area contributed by atoms with Gasteiger partial charge < -0.3 is 10.2 Å². The summed E-state index contributed by atoms with van der Waals surface area (Å²) in [6.07, 6.45) is -2.53. The molecule has 0 bridgehead atoms. The van der Waals surface area contributed by atoms with E-state index in [9.17, 15) is 13.2 Å². The highest BCUT2D eigenvalue weighted by molar-refractivity contribution is 5.75. The summed E-state index contributed by atoms with van der Waals surface area (Å²) in [5.41, 5.74) is 2.15. The second kappa shape index (κ2) is 6.33. The molecule has 2 heterocycles. The maximum atomic E-state index is 13.5. The minimum Gasteiger partial charge on any atom is -0.367 e. The van der Waals surface area contributed by atoms with Crippen LogP contribution in [0.2, 0.25) is 0 Å². The van der Waals surface area contributed by atoms with Crippen molar-refractivity contribution in [3.8, 4) is 17.2 Å². The van der Waals surface area contributed by atoms with Gasteiger partial charge in [-0.3, -0.25) is 0 Å². The molecular weight excluding hydrogens is 339 g/mol. The van der Waals surface area contributed by atoms with Gasteiger partial charge in [0.25, 0.3) is 0 Å². The number of fused-ring (bicyclic) bond motifs is 3. The normalized spacial score (nSPS) is 19.5. The van der Waals surface area contributed by atoms with Crippen molar-refractivity contribution < 1.29 is 13.2 Å². The summed E-state index contributed by atoms with van der Waals surface area (Å²) in [6.45, 7) is 2.71. The summed E-state index contributed by atoms with van der Waals surface area (Å²) < 4.78 is 40.6. The Morgan fingerprint density at radius 2 is 1.96 bits per heavy atom. The third-order valence-corrected chi connectivity index (χ3v) is 5.24. The molecular formula is C20H18F3N3. The van der Waals surface area contributed by atoms with E-state index in [2.05, 4.69) is 10.2 Å². The lowest BCUT2D eigenvalue weighted by Gasteiger charge is -2.25. The van der Waals surface area contributed by atoms with Crippen LogP contribution in [0.4, 0.5) is 18.9 Å². The largest absolute Gasteiger partial charge is 0.417 e. The third kappa shape index (κ3) is 2.93. The summed E-state index contributed by atoms with van der Waals surface area (Å²) in [4.78, 5) is 2.32. The molecule has 6 heteroatoms. The summed E-state index contributed by atoms with van der Waals surface area (Å²) in [6, 6.07) is 11.6. The first-order valence-electron chi connectivity index (χ1n) is 8.69. The predicted octanol–water partition coefficient (Wildman–Crippen LogP) is 3.97. The molecule has 0 spiro atoms. The molecule has 4 rings (SSSR count). The van der Waals surface area contributed by atoms with Gasteiger partial charge in [-0.05, 0) is 54.3 Å². The number of rotatable bonds is 1. The minimum atomic E-state index is -4.50. The third-order valence-electron chi connectivity index (χ3n) is 5.24. The van der Waals surface area contributed by atoms with Crippen LogP contribution >= 0.6 is 0 Å². The molecule has 2 aromatic carbocycles. The van der Waals surface area contributed by atoms with E-state index in [-0.39, 0.29) is 11.1 Å². The van der Waals surface area contributed by atoms with E-state index >= 15 is 0 Å². The first-order chi connectivity index (χ1) is 12.5. The van der Waals surface area contributed by atoms with Gasteiger partial charge in [0.2, 0.25) is 0 Å². The maximum Gasteiger partial charge on any atom is 0.417 e. The Morgan fingerprint density at radius 1 is 1.12 bits per heavy atom. The highest BCUT2D eigenvalue weighted by Gasteiger charge is 2.35. The molecule has 2 aliphatic heterocycles. The topological polar surface area (TPSA) is 39.1 Å². The first-order valence-corrected chi connectivity index (χ1v) is 8.69. The highest BCUT2D eigenvalue weighted by Crippen LogP contribution is 2.41. The molecule has 0 saturated carbocycles. The first kappa shape index (κ1) is 16.9. The number of nitrogens with zero attached hydrogens (tertiary/aromatic N) is 2. The predicted molar refractivity (Wildman–Crippen MR) is 93.9 cm³/mol. The van der Waals surface area contributed by atoms with Gasteiger partial charge in [-0.1, -0.05) is 18.2 Å². The second-order valence-corrected chi connectivity index (χ2v) is 6.80. The van der Waals surface area contributed by atoms with Gasteiger partial charge in [-0.25, -0.2) is 0 Å². The van der Waals surface area contributed by atoms with E-state index in [1.54, 1.807) is 12.1 Å². The molecule has 2 aliphatic rings. The highest BCUT2D eigenvalue weighted by atomic mass is 19.4. The number of alkyl halides is 3. The van der Waals surface area contributed by atoms with Crippen molar-refractivity contribution in [2.24, 2.45) is 0 Å². The Balaban J connectivity index is 1.79. The number of benzene rings is 2. The maximum absolute atomic E-state index is 13.5. The zero-order valence-electron chi connectivity index (χ0n) is 14.1. The Morgan fingerprint density at radius 3 is 2.73 bits per heavy atom. The van der Waals surface area contributed by atoms with Crippen LogP contribution in [0.5, 0.6) is 0 Å².